The van der Waals surface area contributed by atoms with Crippen LogP contribution in [0.2, 0.25) is 0 Å². The third kappa shape index (κ3) is 4.62. The first-order valence-corrected chi connectivity index (χ1v) is 5.77. The van der Waals surface area contributed by atoms with Crippen LogP contribution in [-0.2, 0) is 9.53 Å². The minimum atomic E-state index is -0.334. The third-order valence-corrected chi connectivity index (χ3v) is 2.56. The highest BCUT2D eigenvalue weighted by Gasteiger charge is 2.21. The molecule has 15 heavy (non-hydrogen) atoms. The van der Waals surface area contributed by atoms with Crippen molar-refractivity contribution in [2.75, 3.05) is 26.3 Å². The Balaban J connectivity index is 2.15. The molecule has 1 unspecified atom stereocenters. The van der Waals surface area contributed by atoms with E-state index in [1.807, 2.05) is 6.92 Å². The van der Waals surface area contributed by atoms with Crippen molar-refractivity contribution < 1.29 is 14.6 Å². The zero-order valence-corrected chi connectivity index (χ0v) is 9.45. The number of rotatable bonds is 5. The van der Waals surface area contributed by atoms with Crippen LogP contribution in [0.4, 0.5) is 0 Å². The average Bonchev–Trinajstić information content (AvgIpc) is 2.24. The molecule has 1 aliphatic heterocycles. The molecule has 0 aromatic carbocycles. The van der Waals surface area contributed by atoms with Crippen LogP contribution in [0.1, 0.15) is 32.6 Å². The molecule has 0 bridgehead atoms. The van der Waals surface area contributed by atoms with Crippen LogP contribution in [0.3, 0.4) is 0 Å². The van der Waals surface area contributed by atoms with E-state index in [9.17, 15) is 9.90 Å². The molecule has 4 heteroatoms. The first-order chi connectivity index (χ1) is 7.24. The monoisotopic (exact) mass is 215 g/mol. The Hall–Kier alpha value is -0.610. The summed E-state index contributed by atoms with van der Waals surface area (Å²) in [6, 6.07) is 0. The van der Waals surface area contributed by atoms with Crippen molar-refractivity contribution in [2.24, 2.45) is 0 Å². The molecule has 1 fully saturated rings. The van der Waals surface area contributed by atoms with Gasteiger partial charge in [-0.15, -0.1) is 0 Å². The number of piperidine rings is 1. The van der Waals surface area contributed by atoms with Crippen molar-refractivity contribution in [1.82, 2.24) is 4.90 Å². The number of carbonyl (C=O) groups excluding carboxylic acids is 1. The fraction of sp³-hybridized carbons (Fsp3) is 0.909. The van der Waals surface area contributed by atoms with Gasteiger partial charge in [-0.2, -0.15) is 0 Å². The highest BCUT2D eigenvalue weighted by Crippen LogP contribution is 2.10. The van der Waals surface area contributed by atoms with Gasteiger partial charge in [0.1, 0.15) is 0 Å². The highest BCUT2D eigenvalue weighted by atomic mass is 16.5. The molecule has 0 saturated carbocycles. The lowest BCUT2D eigenvalue weighted by atomic mass is 10.1. The van der Waals surface area contributed by atoms with Crippen molar-refractivity contribution in [3.05, 3.63) is 0 Å². The van der Waals surface area contributed by atoms with E-state index in [2.05, 4.69) is 0 Å². The Morgan fingerprint density at radius 2 is 2.33 bits per heavy atom. The van der Waals surface area contributed by atoms with Gasteiger partial charge in [-0.05, 0) is 19.3 Å². The van der Waals surface area contributed by atoms with Gasteiger partial charge in [0, 0.05) is 19.7 Å². The maximum absolute atomic E-state index is 11.6. The van der Waals surface area contributed by atoms with Crippen LogP contribution < -0.4 is 0 Å². The van der Waals surface area contributed by atoms with E-state index in [-0.39, 0.29) is 12.0 Å². The number of nitrogens with zero attached hydrogens (tertiary/aromatic N) is 1. The van der Waals surface area contributed by atoms with Crippen LogP contribution in [0.5, 0.6) is 0 Å². The van der Waals surface area contributed by atoms with E-state index in [4.69, 9.17) is 4.74 Å². The number of amides is 1. The first-order valence-electron chi connectivity index (χ1n) is 5.77. The van der Waals surface area contributed by atoms with E-state index in [0.717, 1.165) is 32.4 Å². The molecular formula is C11H21NO3. The van der Waals surface area contributed by atoms with Gasteiger partial charge in [-0.25, -0.2) is 0 Å². The van der Waals surface area contributed by atoms with E-state index in [1.54, 1.807) is 4.90 Å². The number of aliphatic hydroxyl groups excluding tert-OH is 1. The van der Waals surface area contributed by atoms with Crippen LogP contribution in [0, 0.1) is 0 Å². The molecule has 0 radical (unpaired) electrons. The molecule has 1 N–H and O–H groups in total. The van der Waals surface area contributed by atoms with Gasteiger partial charge in [0.05, 0.1) is 19.1 Å². The minimum Gasteiger partial charge on any atom is -0.391 e. The molecule has 1 rings (SSSR count). The Labute approximate surface area is 91.2 Å². The lowest BCUT2D eigenvalue weighted by Crippen LogP contribution is -2.42. The van der Waals surface area contributed by atoms with Crippen LogP contribution >= 0.6 is 0 Å². The summed E-state index contributed by atoms with van der Waals surface area (Å²) in [5.74, 6) is 0.102. The van der Waals surface area contributed by atoms with Gasteiger partial charge in [0.25, 0.3) is 0 Å². The summed E-state index contributed by atoms with van der Waals surface area (Å²) in [5, 5.41) is 9.41. The van der Waals surface area contributed by atoms with E-state index >= 15 is 0 Å². The first kappa shape index (κ1) is 12.5. The average molecular weight is 215 g/mol. The number of hydrogen-bond acceptors (Lipinski definition) is 3. The van der Waals surface area contributed by atoms with Crippen LogP contribution in [-0.4, -0.2) is 48.3 Å². The molecule has 0 spiro atoms. The molecule has 4 nitrogen and oxygen atoms in total. The molecule has 0 aromatic heterocycles. The van der Waals surface area contributed by atoms with Gasteiger partial charge in [-0.1, -0.05) is 6.92 Å². The smallest absolute Gasteiger partial charge is 0.224 e. The third-order valence-electron chi connectivity index (χ3n) is 2.56. The fourth-order valence-corrected chi connectivity index (χ4v) is 1.75. The Kier molecular flexibility index (Phi) is 5.65. The zero-order valence-electron chi connectivity index (χ0n) is 9.45. The van der Waals surface area contributed by atoms with Crippen molar-refractivity contribution in [1.29, 1.82) is 0 Å². The Morgan fingerprint density at radius 1 is 1.53 bits per heavy atom. The molecule has 1 atom stereocenters. The summed E-state index contributed by atoms with van der Waals surface area (Å²) in [7, 11) is 0. The van der Waals surface area contributed by atoms with Gasteiger partial charge in [0.15, 0.2) is 0 Å². The summed E-state index contributed by atoms with van der Waals surface area (Å²) in [6.45, 7) is 4.54. The molecule has 1 heterocycles. The zero-order chi connectivity index (χ0) is 11.1. The Morgan fingerprint density at radius 3 is 3.00 bits per heavy atom. The molecule has 1 amide bonds. The van der Waals surface area contributed by atoms with Crippen LogP contribution in [0.25, 0.3) is 0 Å². The van der Waals surface area contributed by atoms with Gasteiger partial charge in [-0.3, -0.25) is 4.79 Å². The summed E-state index contributed by atoms with van der Waals surface area (Å²) in [6.07, 6.45) is 2.81. The topological polar surface area (TPSA) is 49.8 Å². The highest BCUT2D eigenvalue weighted by molar-refractivity contribution is 5.76. The molecular weight excluding hydrogens is 194 g/mol. The second kappa shape index (κ2) is 6.80. The number of likely N-dealkylation sites (tertiary alicyclic amines) is 1. The van der Waals surface area contributed by atoms with Gasteiger partial charge in [0.2, 0.25) is 5.91 Å². The molecule has 1 aliphatic rings. The number of carbonyl (C=O) groups is 1. The summed E-state index contributed by atoms with van der Waals surface area (Å²) in [5.41, 5.74) is 0. The van der Waals surface area contributed by atoms with Crippen molar-refractivity contribution in [3.63, 3.8) is 0 Å². The van der Waals surface area contributed by atoms with Crippen molar-refractivity contribution in [2.45, 2.75) is 38.7 Å². The standard InChI is InChI=1S/C11H21NO3/c1-2-7-15-8-5-11(14)12-6-3-4-10(13)9-12/h10,13H,2-9H2,1H3. The van der Waals surface area contributed by atoms with Crippen molar-refractivity contribution in [3.8, 4) is 0 Å². The Bertz CT molecular complexity index is 196. The predicted octanol–water partition coefficient (Wildman–Crippen LogP) is 0.786. The maximum atomic E-state index is 11.6. The second-order valence-corrected chi connectivity index (χ2v) is 4.00. The van der Waals surface area contributed by atoms with Gasteiger partial charge >= 0.3 is 0 Å². The number of β-amino-alcohol motifs (C(OH)–C–C–N with tert-alkyl or cyclic N) is 1. The number of ether oxygens (including phenoxy) is 1. The van der Waals surface area contributed by atoms with Crippen LogP contribution in [0.15, 0.2) is 0 Å². The predicted molar refractivity (Wildman–Crippen MR) is 57.5 cm³/mol. The second-order valence-electron chi connectivity index (χ2n) is 4.00. The lowest BCUT2D eigenvalue weighted by Gasteiger charge is -2.30. The van der Waals surface area contributed by atoms with E-state index in [0.29, 0.717) is 19.6 Å². The number of hydrogen-bond donors (Lipinski definition) is 1. The molecule has 1 saturated heterocycles. The SMILES string of the molecule is CCCOCCC(=O)N1CCCC(O)C1. The fourth-order valence-electron chi connectivity index (χ4n) is 1.75. The molecule has 88 valence electrons. The lowest BCUT2D eigenvalue weighted by molar-refractivity contribution is -0.135. The summed E-state index contributed by atoms with van der Waals surface area (Å²) in [4.78, 5) is 13.4. The van der Waals surface area contributed by atoms with E-state index in [1.165, 1.54) is 0 Å². The summed E-state index contributed by atoms with van der Waals surface area (Å²) >= 11 is 0. The number of aliphatic hydroxyl groups is 1. The normalized spacial score (nSPS) is 21.7. The largest absolute Gasteiger partial charge is 0.391 e. The maximum Gasteiger partial charge on any atom is 0.224 e. The quantitative estimate of drug-likeness (QED) is 0.690. The molecule has 0 aromatic rings. The van der Waals surface area contributed by atoms with Gasteiger partial charge < -0.3 is 14.7 Å². The summed E-state index contributed by atoms with van der Waals surface area (Å²) < 4.78 is 5.26. The van der Waals surface area contributed by atoms with Crippen molar-refractivity contribution >= 4 is 5.91 Å². The minimum absolute atomic E-state index is 0.102. The van der Waals surface area contributed by atoms with E-state index < -0.39 is 0 Å². The molecule has 0 aliphatic carbocycles.